The predicted molar refractivity (Wildman–Crippen MR) is 42.2 cm³/mol. The second-order valence-electron chi connectivity index (χ2n) is 3.48. The van der Waals surface area contributed by atoms with Crippen molar-refractivity contribution in [3.05, 3.63) is 0 Å². The Kier molecular flexibility index (Phi) is 3.03. The average molecular weight is 158 g/mol. The highest BCUT2D eigenvalue weighted by Crippen LogP contribution is 2.39. The number of halogens is 1. The maximum absolute atomic E-state index is 11.8. The van der Waals surface area contributed by atoms with Crippen LogP contribution in [0.2, 0.25) is 0 Å². The molecule has 0 aromatic rings. The van der Waals surface area contributed by atoms with Crippen LogP contribution in [0.25, 0.3) is 0 Å². The number of rotatable bonds is 4. The highest BCUT2D eigenvalue weighted by molar-refractivity contribution is 5.59. The third-order valence-electron chi connectivity index (χ3n) is 2.66. The fraction of sp³-hybridized carbons (Fsp3) is 0.889. The van der Waals surface area contributed by atoms with E-state index in [2.05, 4.69) is 0 Å². The normalized spacial score (nSPS) is 21.9. The van der Waals surface area contributed by atoms with E-state index in [1.54, 1.807) is 0 Å². The van der Waals surface area contributed by atoms with E-state index in [1.807, 2.05) is 0 Å². The molecule has 0 heterocycles. The molecule has 0 amide bonds. The molecule has 1 aliphatic rings. The van der Waals surface area contributed by atoms with E-state index in [-0.39, 0.29) is 12.1 Å². The van der Waals surface area contributed by atoms with Crippen LogP contribution in [0.4, 0.5) is 4.39 Å². The highest BCUT2D eigenvalue weighted by atomic mass is 19.1. The van der Waals surface area contributed by atoms with Crippen molar-refractivity contribution in [2.24, 2.45) is 5.41 Å². The Morgan fingerprint density at radius 2 is 2.00 bits per heavy atom. The second kappa shape index (κ2) is 3.84. The smallest absolute Gasteiger partial charge is 0.126 e. The quantitative estimate of drug-likeness (QED) is 0.574. The Labute approximate surface area is 67.0 Å². The zero-order valence-corrected chi connectivity index (χ0v) is 6.81. The number of alkyl halides is 1. The van der Waals surface area contributed by atoms with Crippen LogP contribution in [0.15, 0.2) is 0 Å². The summed E-state index contributed by atoms with van der Waals surface area (Å²) in [6.45, 7) is -0.282. The van der Waals surface area contributed by atoms with Gasteiger partial charge in [0.05, 0.1) is 6.67 Å². The standard InChI is InChI=1S/C9H15FO/c10-7-3-6-9(8-11)4-1-2-5-9/h8H,1-7H2. The molecule has 1 rings (SSSR count). The van der Waals surface area contributed by atoms with Gasteiger partial charge in [0.25, 0.3) is 0 Å². The minimum Gasteiger partial charge on any atom is -0.303 e. The first kappa shape index (κ1) is 8.69. The van der Waals surface area contributed by atoms with Gasteiger partial charge in [0.15, 0.2) is 0 Å². The van der Waals surface area contributed by atoms with Crippen molar-refractivity contribution >= 4 is 6.29 Å². The van der Waals surface area contributed by atoms with Crippen LogP contribution < -0.4 is 0 Å². The van der Waals surface area contributed by atoms with Gasteiger partial charge in [0.1, 0.15) is 6.29 Å². The van der Waals surface area contributed by atoms with Gasteiger partial charge in [0.2, 0.25) is 0 Å². The summed E-state index contributed by atoms with van der Waals surface area (Å²) in [5, 5.41) is 0. The van der Waals surface area contributed by atoms with Crippen LogP contribution >= 0.6 is 0 Å². The van der Waals surface area contributed by atoms with Crippen LogP contribution in [0.5, 0.6) is 0 Å². The molecule has 0 radical (unpaired) electrons. The van der Waals surface area contributed by atoms with E-state index < -0.39 is 0 Å². The van der Waals surface area contributed by atoms with Crippen molar-refractivity contribution in [1.82, 2.24) is 0 Å². The van der Waals surface area contributed by atoms with Gasteiger partial charge in [-0.3, -0.25) is 4.39 Å². The third kappa shape index (κ3) is 2.01. The van der Waals surface area contributed by atoms with Gasteiger partial charge < -0.3 is 4.79 Å². The number of carbonyl (C=O) groups excluding carboxylic acids is 1. The van der Waals surface area contributed by atoms with Crippen LogP contribution in [0, 0.1) is 5.41 Å². The zero-order chi connectivity index (χ0) is 8.16. The molecule has 0 bridgehead atoms. The van der Waals surface area contributed by atoms with Gasteiger partial charge in [0, 0.05) is 5.41 Å². The van der Waals surface area contributed by atoms with Crippen LogP contribution in [0.3, 0.4) is 0 Å². The minimum absolute atomic E-state index is 0.133. The lowest BCUT2D eigenvalue weighted by Gasteiger charge is -2.20. The predicted octanol–water partition coefficient (Wildman–Crippen LogP) is 2.50. The summed E-state index contributed by atoms with van der Waals surface area (Å²) < 4.78 is 11.8. The first-order valence-corrected chi connectivity index (χ1v) is 4.35. The van der Waals surface area contributed by atoms with E-state index in [0.717, 1.165) is 38.4 Å². The van der Waals surface area contributed by atoms with E-state index >= 15 is 0 Å². The summed E-state index contributed by atoms with van der Waals surface area (Å²) in [7, 11) is 0. The van der Waals surface area contributed by atoms with Gasteiger partial charge in [-0.1, -0.05) is 12.8 Å². The van der Waals surface area contributed by atoms with Gasteiger partial charge in [-0.2, -0.15) is 0 Å². The molecule has 1 saturated carbocycles. The Morgan fingerprint density at radius 1 is 1.36 bits per heavy atom. The molecule has 1 nitrogen and oxygen atoms in total. The van der Waals surface area contributed by atoms with Crippen LogP contribution in [0.1, 0.15) is 38.5 Å². The van der Waals surface area contributed by atoms with Crippen molar-refractivity contribution < 1.29 is 9.18 Å². The molecule has 0 N–H and O–H groups in total. The molecule has 64 valence electrons. The summed E-state index contributed by atoms with van der Waals surface area (Å²) in [6.07, 6.45) is 6.62. The molecule has 0 aromatic heterocycles. The summed E-state index contributed by atoms with van der Waals surface area (Å²) in [5.41, 5.74) is -0.133. The highest BCUT2D eigenvalue weighted by Gasteiger charge is 2.32. The summed E-state index contributed by atoms with van der Waals surface area (Å²) in [5.74, 6) is 0. The molecule has 0 spiro atoms. The summed E-state index contributed by atoms with van der Waals surface area (Å²) in [4.78, 5) is 10.7. The van der Waals surface area contributed by atoms with E-state index in [9.17, 15) is 9.18 Å². The lowest BCUT2D eigenvalue weighted by atomic mass is 9.83. The molecule has 1 aliphatic carbocycles. The zero-order valence-electron chi connectivity index (χ0n) is 6.81. The number of carbonyl (C=O) groups is 1. The number of aldehydes is 1. The van der Waals surface area contributed by atoms with Gasteiger partial charge in [-0.05, 0) is 25.7 Å². The number of hydrogen-bond donors (Lipinski definition) is 0. The largest absolute Gasteiger partial charge is 0.303 e. The monoisotopic (exact) mass is 158 g/mol. The third-order valence-corrected chi connectivity index (χ3v) is 2.66. The summed E-state index contributed by atoms with van der Waals surface area (Å²) in [6, 6.07) is 0. The molecule has 0 unspecified atom stereocenters. The van der Waals surface area contributed by atoms with Crippen molar-refractivity contribution in [2.45, 2.75) is 38.5 Å². The maximum atomic E-state index is 11.8. The van der Waals surface area contributed by atoms with Crippen LogP contribution in [-0.4, -0.2) is 13.0 Å². The molecule has 0 aromatic carbocycles. The van der Waals surface area contributed by atoms with Gasteiger partial charge in [-0.25, -0.2) is 0 Å². The van der Waals surface area contributed by atoms with E-state index in [0.29, 0.717) is 6.42 Å². The Balaban J connectivity index is 2.39. The molecule has 0 aliphatic heterocycles. The lowest BCUT2D eigenvalue weighted by Crippen LogP contribution is -2.17. The van der Waals surface area contributed by atoms with Gasteiger partial charge in [-0.15, -0.1) is 0 Å². The average Bonchev–Trinajstić information content (AvgIpc) is 2.50. The van der Waals surface area contributed by atoms with Crippen molar-refractivity contribution in [1.29, 1.82) is 0 Å². The Bertz CT molecular complexity index is 128. The lowest BCUT2D eigenvalue weighted by molar-refractivity contribution is -0.116. The maximum Gasteiger partial charge on any atom is 0.126 e. The topological polar surface area (TPSA) is 17.1 Å². The van der Waals surface area contributed by atoms with E-state index in [1.165, 1.54) is 0 Å². The van der Waals surface area contributed by atoms with E-state index in [4.69, 9.17) is 0 Å². The number of hydrogen-bond acceptors (Lipinski definition) is 1. The molecule has 1 fully saturated rings. The fourth-order valence-corrected chi connectivity index (χ4v) is 1.92. The second-order valence-corrected chi connectivity index (χ2v) is 3.48. The first-order chi connectivity index (χ1) is 5.33. The molecule has 0 atom stereocenters. The van der Waals surface area contributed by atoms with Crippen molar-refractivity contribution in [3.63, 3.8) is 0 Å². The molecular formula is C9H15FO. The SMILES string of the molecule is O=CC1(CCCF)CCCC1. The molecular weight excluding hydrogens is 143 g/mol. The van der Waals surface area contributed by atoms with Gasteiger partial charge >= 0.3 is 0 Å². The van der Waals surface area contributed by atoms with Crippen molar-refractivity contribution in [2.75, 3.05) is 6.67 Å². The first-order valence-electron chi connectivity index (χ1n) is 4.35. The van der Waals surface area contributed by atoms with Crippen LogP contribution in [-0.2, 0) is 4.79 Å². The Morgan fingerprint density at radius 3 is 2.45 bits per heavy atom. The fourth-order valence-electron chi connectivity index (χ4n) is 1.92. The molecule has 0 saturated heterocycles. The molecule has 2 heteroatoms. The van der Waals surface area contributed by atoms with Crippen molar-refractivity contribution in [3.8, 4) is 0 Å². The molecule has 11 heavy (non-hydrogen) atoms. The Hall–Kier alpha value is -0.400. The minimum atomic E-state index is -0.282. The summed E-state index contributed by atoms with van der Waals surface area (Å²) >= 11 is 0.